The number of anilines is 1. The van der Waals surface area contributed by atoms with E-state index in [1.807, 2.05) is 0 Å². The van der Waals surface area contributed by atoms with Crippen LogP contribution in [0.3, 0.4) is 0 Å². The van der Waals surface area contributed by atoms with Crippen LogP contribution in [0.5, 0.6) is 0 Å². The number of nitrogens with zero attached hydrogens (tertiary/aromatic N) is 2. The van der Waals surface area contributed by atoms with Gasteiger partial charge in [-0.15, -0.1) is 0 Å². The highest BCUT2D eigenvalue weighted by atomic mass is 19.1. The van der Waals surface area contributed by atoms with Crippen molar-refractivity contribution in [2.24, 2.45) is 10.9 Å². The molecule has 4 N–H and O–H groups in total. The van der Waals surface area contributed by atoms with Crippen molar-refractivity contribution >= 4 is 17.4 Å². The molecule has 0 spiro atoms. The molecule has 1 aromatic heterocycles. The lowest BCUT2D eigenvalue weighted by atomic mass is 10.1. The van der Waals surface area contributed by atoms with Gasteiger partial charge in [0.15, 0.2) is 5.84 Å². The minimum atomic E-state index is -0.703. The number of pyridine rings is 1. The summed E-state index contributed by atoms with van der Waals surface area (Å²) in [6.45, 7) is 1.69. The number of aromatic nitrogens is 1. The molecule has 1 amide bonds. The van der Waals surface area contributed by atoms with Crippen molar-refractivity contribution in [3.63, 3.8) is 0 Å². The zero-order valence-electron chi connectivity index (χ0n) is 11.2. The summed E-state index contributed by atoms with van der Waals surface area (Å²) in [4.78, 5) is 16.2. The van der Waals surface area contributed by atoms with Gasteiger partial charge in [0.25, 0.3) is 5.91 Å². The van der Waals surface area contributed by atoms with Crippen LogP contribution in [0.25, 0.3) is 0 Å². The van der Waals surface area contributed by atoms with Crippen LogP contribution in [0.4, 0.5) is 10.1 Å². The van der Waals surface area contributed by atoms with Gasteiger partial charge in [0.05, 0.1) is 16.8 Å². The van der Waals surface area contributed by atoms with Gasteiger partial charge in [-0.2, -0.15) is 0 Å². The number of halogens is 1. The topological polar surface area (TPSA) is 101 Å². The molecular formula is C14H13FN4O2. The predicted molar refractivity (Wildman–Crippen MR) is 75.8 cm³/mol. The van der Waals surface area contributed by atoms with E-state index in [2.05, 4.69) is 15.5 Å². The summed E-state index contributed by atoms with van der Waals surface area (Å²) in [6.07, 6.45) is 1.57. The highest BCUT2D eigenvalue weighted by molar-refractivity contribution is 6.10. The molecule has 0 atom stereocenters. The Labute approximate surface area is 120 Å². The van der Waals surface area contributed by atoms with E-state index in [1.165, 1.54) is 12.1 Å². The van der Waals surface area contributed by atoms with E-state index in [9.17, 15) is 9.18 Å². The molecule has 1 aromatic carbocycles. The molecular weight excluding hydrogens is 275 g/mol. The number of hydrogen-bond donors (Lipinski definition) is 3. The number of nitrogens with one attached hydrogen (secondary N) is 1. The number of amidine groups is 1. The zero-order chi connectivity index (χ0) is 15.4. The predicted octanol–water partition coefficient (Wildman–Crippen LogP) is 1.88. The number of hydrogen-bond acceptors (Lipinski definition) is 4. The standard InChI is InChI=1S/C14H13FN4O2/c1-8-9(4-3-7-17-8)14(20)18-11-6-2-5-10(15)12(11)13(16)19-21/h2-7,21H,1H3,(H2,16,19)(H,18,20). The molecule has 21 heavy (non-hydrogen) atoms. The first-order chi connectivity index (χ1) is 10.0. The number of oxime groups is 1. The Morgan fingerprint density at radius 3 is 2.81 bits per heavy atom. The third-order valence-electron chi connectivity index (χ3n) is 2.88. The number of aryl methyl sites for hydroxylation is 1. The monoisotopic (exact) mass is 288 g/mol. The summed E-state index contributed by atoms with van der Waals surface area (Å²) in [5.41, 5.74) is 6.27. The molecule has 0 saturated heterocycles. The lowest BCUT2D eigenvalue weighted by molar-refractivity contribution is 0.102. The zero-order valence-corrected chi connectivity index (χ0v) is 11.2. The molecule has 7 heteroatoms. The van der Waals surface area contributed by atoms with E-state index >= 15 is 0 Å². The van der Waals surface area contributed by atoms with Gasteiger partial charge in [0, 0.05) is 11.9 Å². The van der Waals surface area contributed by atoms with Crippen LogP contribution in [-0.4, -0.2) is 21.9 Å². The van der Waals surface area contributed by atoms with Crippen molar-refractivity contribution in [2.45, 2.75) is 6.92 Å². The van der Waals surface area contributed by atoms with Gasteiger partial charge in [-0.3, -0.25) is 9.78 Å². The van der Waals surface area contributed by atoms with Crippen molar-refractivity contribution in [1.29, 1.82) is 0 Å². The summed E-state index contributed by atoms with van der Waals surface area (Å²) in [6, 6.07) is 7.24. The molecule has 0 saturated carbocycles. The van der Waals surface area contributed by atoms with E-state index in [0.29, 0.717) is 11.3 Å². The van der Waals surface area contributed by atoms with Gasteiger partial charge in [0.2, 0.25) is 0 Å². The summed E-state index contributed by atoms with van der Waals surface area (Å²) in [5.74, 6) is -1.59. The average molecular weight is 288 g/mol. The Balaban J connectivity index is 2.39. The number of carbonyl (C=O) groups is 1. The molecule has 2 aromatic rings. The Morgan fingerprint density at radius 2 is 2.14 bits per heavy atom. The maximum atomic E-state index is 13.8. The van der Waals surface area contributed by atoms with Crippen LogP contribution < -0.4 is 11.1 Å². The second-order valence-corrected chi connectivity index (χ2v) is 4.24. The highest BCUT2D eigenvalue weighted by Crippen LogP contribution is 2.20. The molecule has 2 rings (SSSR count). The van der Waals surface area contributed by atoms with Gasteiger partial charge in [-0.05, 0) is 31.2 Å². The molecule has 108 valence electrons. The lowest BCUT2D eigenvalue weighted by Gasteiger charge is -2.11. The lowest BCUT2D eigenvalue weighted by Crippen LogP contribution is -2.21. The summed E-state index contributed by atoms with van der Waals surface area (Å²) < 4.78 is 13.8. The Kier molecular flexibility index (Phi) is 4.13. The molecule has 0 fully saturated rings. The summed E-state index contributed by atoms with van der Waals surface area (Å²) >= 11 is 0. The quantitative estimate of drug-likeness (QED) is 0.347. The van der Waals surface area contributed by atoms with Crippen LogP contribution in [0, 0.1) is 12.7 Å². The third-order valence-corrected chi connectivity index (χ3v) is 2.88. The fourth-order valence-corrected chi connectivity index (χ4v) is 1.85. The number of benzene rings is 1. The van der Waals surface area contributed by atoms with Crippen molar-refractivity contribution in [3.8, 4) is 0 Å². The second-order valence-electron chi connectivity index (χ2n) is 4.24. The minimum Gasteiger partial charge on any atom is -0.409 e. The van der Waals surface area contributed by atoms with Gasteiger partial charge in [-0.25, -0.2) is 4.39 Å². The fourth-order valence-electron chi connectivity index (χ4n) is 1.85. The Hall–Kier alpha value is -2.96. The van der Waals surface area contributed by atoms with E-state index in [1.54, 1.807) is 25.3 Å². The minimum absolute atomic E-state index is 0.110. The first-order valence-electron chi connectivity index (χ1n) is 6.04. The second kappa shape index (κ2) is 6.00. The van der Waals surface area contributed by atoms with Crippen molar-refractivity contribution in [3.05, 3.63) is 59.2 Å². The van der Waals surface area contributed by atoms with Gasteiger partial charge < -0.3 is 16.3 Å². The largest absolute Gasteiger partial charge is 0.409 e. The van der Waals surface area contributed by atoms with Crippen molar-refractivity contribution in [1.82, 2.24) is 4.98 Å². The number of rotatable bonds is 3. The third kappa shape index (κ3) is 2.97. The van der Waals surface area contributed by atoms with E-state index in [0.717, 1.165) is 6.07 Å². The van der Waals surface area contributed by atoms with Gasteiger partial charge >= 0.3 is 0 Å². The van der Waals surface area contributed by atoms with Gasteiger partial charge in [0.1, 0.15) is 5.82 Å². The average Bonchev–Trinajstić information content (AvgIpc) is 2.47. The van der Waals surface area contributed by atoms with Crippen molar-refractivity contribution in [2.75, 3.05) is 5.32 Å². The molecule has 0 aliphatic rings. The smallest absolute Gasteiger partial charge is 0.257 e. The summed E-state index contributed by atoms with van der Waals surface area (Å²) in [5, 5.41) is 14.0. The normalized spacial score (nSPS) is 11.2. The molecule has 6 nitrogen and oxygen atoms in total. The molecule has 0 aliphatic carbocycles. The van der Waals surface area contributed by atoms with E-state index in [-0.39, 0.29) is 11.3 Å². The summed E-state index contributed by atoms with van der Waals surface area (Å²) in [7, 11) is 0. The van der Waals surface area contributed by atoms with E-state index < -0.39 is 17.6 Å². The molecule has 0 aliphatic heterocycles. The Morgan fingerprint density at radius 1 is 1.38 bits per heavy atom. The Bertz CT molecular complexity index is 716. The van der Waals surface area contributed by atoms with Crippen LogP contribution in [0.15, 0.2) is 41.7 Å². The van der Waals surface area contributed by atoms with Crippen LogP contribution in [-0.2, 0) is 0 Å². The molecule has 0 bridgehead atoms. The van der Waals surface area contributed by atoms with Crippen molar-refractivity contribution < 1.29 is 14.4 Å². The van der Waals surface area contributed by atoms with Crippen LogP contribution in [0.2, 0.25) is 0 Å². The fraction of sp³-hybridized carbons (Fsp3) is 0.0714. The molecule has 0 radical (unpaired) electrons. The number of nitrogens with two attached hydrogens (primary N) is 1. The first-order valence-corrected chi connectivity index (χ1v) is 6.04. The number of carbonyl (C=O) groups excluding carboxylic acids is 1. The number of amides is 1. The van der Waals surface area contributed by atoms with E-state index in [4.69, 9.17) is 10.9 Å². The maximum absolute atomic E-state index is 13.8. The highest BCUT2D eigenvalue weighted by Gasteiger charge is 2.16. The van der Waals surface area contributed by atoms with Gasteiger partial charge in [-0.1, -0.05) is 11.2 Å². The SMILES string of the molecule is Cc1ncccc1C(=O)Nc1cccc(F)c1/C(N)=N/O. The first kappa shape index (κ1) is 14.4. The van der Waals surface area contributed by atoms with Crippen LogP contribution in [0.1, 0.15) is 21.6 Å². The van der Waals surface area contributed by atoms with Crippen LogP contribution >= 0.6 is 0 Å². The molecule has 0 unspecified atom stereocenters. The molecule has 1 heterocycles. The maximum Gasteiger partial charge on any atom is 0.257 e.